The summed E-state index contributed by atoms with van der Waals surface area (Å²) in [6, 6.07) is 14.3. The van der Waals surface area contributed by atoms with E-state index < -0.39 is 0 Å². The maximum absolute atomic E-state index is 6.18. The lowest BCUT2D eigenvalue weighted by Gasteiger charge is -2.03. The van der Waals surface area contributed by atoms with Gasteiger partial charge >= 0.3 is 0 Å². The molecule has 4 nitrogen and oxygen atoms in total. The van der Waals surface area contributed by atoms with Crippen LogP contribution < -0.4 is 5.73 Å². The molecule has 0 bridgehead atoms. The molecule has 3 aromatic heterocycles. The van der Waals surface area contributed by atoms with Crippen molar-refractivity contribution in [1.82, 2.24) is 15.0 Å². The minimum Gasteiger partial charge on any atom is -0.383 e. The molecule has 0 aliphatic heterocycles. The summed E-state index contributed by atoms with van der Waals surface area (Å²) < 4.78 is 0. The van der Waals surface area contributed by atoms with Gasteiger partial charge in [-0.15, -0.1) is 11.3 Å². The molecule has 0 aliphatic rings. The molecule has 0 fully saturated rings. The molecule has 0 saturated carbocycles. The number of pyridine rings is 1. The zero-order chi connectivity index (χ0) is 16.5. The third-order valence-corrected chi connectivity index (χ3v) is 4.88. The van der Waals surface area contributed by atoms with E-state index in [1.54, 1.807) is 17.5 Å². The molecule has 0 unspecified atom stereocenters. The molecule has 4 rings (SSSR count). The van der Waals surface area contributed by atoms with Crippen LogP contribution >= 0.6 is 11.3 Å². The van der Waals surface area contributed by atoms with Gasteiger partial charge in [-0.05, 0) is 30.7 Å². The Morgan fingerprint density at radius 2 is 2.00 bits per heavy atom. The van der Waals surface area contributed by atoms with Crippen LogP contribution in [0.25, 0.3) is 21.6 Å². The summed E-state index contributed by atoms with van der Waals surface area (Å²) in [6.45, 7) is 2.06. The maximum Gasteiger partial charge on any atom is 0.163 e. The molecular formula is C19H16N4S. The Morgan fingerprint density at radius 1 is 1.08 bits per heavy atom. The second-order valence-corrected chi connectivity index (χ2v) is 6.89. The highest BCUT2D eigenvalue weighted by Gasteiger charge is 2.11. The topological polar surface area (TPSA) is 64.7 Å². The molecule has 2 N–H and O–H groups in total. The summed E-state index contributed by atoms with van der Waals surface area (Å²) in [5.41, 5.74) is 9.53. The molecule has 1 aromatic carbocycles. The highest BCUT2D eigenvalue weighted by Crippen LogP contribution is 2.31. The predicted molar refractivity (Wildman–Crippen MR) is 99.0 cm³/mol. The molecule has 0 saturated heterocycles. The van der Waals surface area contributed by atoms with Crippen LogP contribution in [0, 0.1) is 6.92 Å². The molecule has 0 radical (unpaired) electrons. The van der Waals surface area contributed by atoms with Gasteiger partial charge in [-0.25, -0.2) is 9.97 Å². The Balaban J connectivity index is 1.75. The van der Waals surface area contributed by atoms with Crippen molar-refractivity contribution in [2.24, 2.45) is 0 Å². The van der Waals surface area contributed by atoms with Crippen LogP contribution in [0.4, 0.5) is 5.82 Å². The smallest absolute Gasteiger partial charge is 0.163 e. The fraction of sp³-hybridized carbons (Fsp3) is 0.105. The number of nitrogen functional groups attached to an aromatic ring is 1. The normalized spacial score (nSPS) is 11.0. The number of nitrogens with zero attached hydrogens (tertiary/aromatic N) is 3. The van der Waals surface area contributed by atoms with Crippen LogP contribution in [0.15, 0.2) is 54.9 Å². The minimum atomic E-state index is 0.533. The van der Waals surface area contributed by atoms with Crippen LogP contribution in [-0.2, 0) is 6.42 Å². The van der Waals surface area contributed by atoms with Gasteiger partial charge in [-0.3, -0.25) is 4.98 Å². The molecule has 4 aromatic rings. The highest BCUT2D eigenvalue weighted by molar-refractivity contribution is 7.18. The van der Waals surface area contributed by atoms with E-state index in [0.29, 0.717) is 11.6 Å². The quantitative estimate of drug-likeness (QED) is 0.609. The fourth-order valence-corrected chi connectivity index (χ4v) is 3.77. The molecular weight excluding hydrogens is 316 g/mol. The lowest BCUT2D eigenvalue weighted by Crippen LogP contribution is -1.96. The van der Waals surface area contributed by atoms with Gasteiger partial charge in [0, 0.05) is 29.3 Å². The third-order valence-electron chi connectivity index (χ3n) is 3.85. The minimum absolute atomic E-state index is 0.533. The molecule has 118 valence electrons. The summed E-state index contributed by atoms with van der Waals surface area (Å²) in [7, 11) is 0. The Kier molecular flexibility index (Phi) is 3.70. The number of fused-ring (bicyclic) bond motifs is 1. The van der Waals surface area contributed by atoms with Crippen molar-refractivity contribution in [3.8, 4) is 11.4 Å². The molecule has 0 aliphatic carbocycles. The summed E-state index contributed by atoms with van der Waals surface area (Å²) in [4.78, 5) is 15.5. The van der Waals surface area contributed by atoms with Crippen molar-refractivity contribution in [1.29, 1.82) is 0 Å². The number of nitrogens with two attached hydrogens (primary N) is 1. The molecule has 0 spiro atoms. The van der Waals surface area contributed by atoms with Crippen molar-refractivity contribution in [2.45, 2.75) is 13.3 Å². The standard InChI is InChI=1S/C19H16N4S/c1-12-4-2-6-14(8-12)18-22-17(20)16-10-15(24-19(16)23-18)9-13-5-3-7-21-11-13/h2-8,10-11H,9H2,1H3,(H2,20,22,23). The first-order valence-corrected chi connectivity index (χ1v) is 8.52. The first-order valence-electron chi connectivity index (χ1n) is 7.71. The van der Waals surface area contributed by atoms with E-state index in [1.165, 1.54) is 16.0 Å². The van der Waals surface area contributed by atoms with E-state index >= 15 is 0 Å². The molecule has 5 heteroatoms. The molecule has 0 atom stereocenters. The summed E-state index contributed by atoms with van der Waals surface area (Å²) >= 11 is 1.66. The monoisotopic (exact) mass is 332 g/mol. The van der Waals surface area contributed by atoms with Crippen molar-refractivity contribution in [2.75, 3.05) is 5.73 Å². The average molecular weight is 332 g/mol. The first-order chi connectivity index (χ1) is 11.7. The summed E-state index contributed by atoms with van der Waals surface area (Å²) in [5.74, 6) is 1.21. The molecule has 3 heterocycles. The van der Waals surface area contributed by atoms with Crippen molar-refractivity contribution in [3.63, 3.8) is 0 Å². The Labute approximate surface area is 144 Å². The number of hydrogen-bond donors (Lipinski definition) is 1. The number of rotatable bonds is 3. The van der Waals surface area contributed by atoms with Gasteiger partial charge in [0.2, 0.25) is 0 Å². The number of anilines is 1. The van der Waals surface area contributed by atoms with Gasteiger partial charge in [0.05, 0.1) is 5.39 Å². The second-order valence-electron chi connectivity index (χ2n) is 5.77. The number of benzene rings is 1. The SMILES string of the molecule is Cc1cccc(-c2nc(N)c3cc(Cc4cccnc4)sc3n2)c1. The van der Waals surface area contributed by atoms with Crippen molar-refractivity contribution < 1.29 is 0 Å². The van der Waals surface area contributed by atoms with E-state index in [4.69, 9.17) is 10.7 Å². The summed E-state index contributed by atoms with van der Waals surface area (Å²) in [5, 5.41) is 0.926. The maximum atomic E-state index is 6.18. The zero-order valence-corrected chi connectivity index (χ0v) is 14.0. The number of thiophene rings is 1. The van der Waals surface area contributed by atoms with E-state index in [2.05, 4.69) is 41.2 Å². The number of aromatic nitrogens is 3. The van der Waals surface area contributed by atoms with Gasteiger partial charge in [-0.1, -0.05) is 29.8 Å². The predicted octanol–water partition coefficient (Wildman–Crippen LogP) is 4.23. The third kappa shape index (κ3) is 2.86. The molecule has 24 heavy (non-hydrogen) atoms. The number of hydrogen-bond acceptors (Lipinski definition) is 5. The van der Waals surface area contributed by atoms with E-state index in [0.717, 1.165) is 22.2 Å². The van der Waals surface area contributed by atoms with E-state index in [1.807, 2.05) is 24.4 Å². The first kappa shape index (κ1) is 14.8. The lowest BCUT2D eigenvalue weighted by atomic mass is 10.1. The van der Waals surface area contributed by atoms with Crippen molar-refractivity contribution in [3.05, 3.63) is 70.9 Å². The zero-order valence-electron chi connectivity index (χ0n) is 13.2. The lowest BCUT2D eigenvalue weighted by molar-refractivity contribution is 1.17. The van der Waals surface area contributed by atoms with Crippen LogP contribution in [0.3, 0.4) is 0 Å². The molecule has 0 amide bonds. The van der Waals surface area contributed by atoms with Crippen LogP contribution in [0.5, 0.6) is 0 Å². The van der Waals surface area contributed by atoms with Crippen molar-refractivity contribution >= 4 is 27.4 Å². The summed E-state index contributed by atoms with van der Waals surface area (Å²) in [6.07, 6.45) is 4.50. The van der Waals surface area contributed by atoms with Gasteiger partial charge < -0.3 is 5.73 Å². The van der Waals surface area contributed by atoms with Gasteiger partial charge in [0.1, 0.15) is 10.6 Å². The fourth-order valence-electron chi connectivity index (χ4n) is 2.70. The van der Waals surface area contributed by atoms with E-state index in [-0.39, 0.29) is 0 Å². The number of aryl methyl sites for hydroxylation is 1. The van der Waals surface area contributed by atoms with E-state index in [9.17, 15) is 0 Å². The van der Waals surface area contributed by atoms with Gasteiger partial charge in [0.25, 0.3) is 0 Å². The van der Waals surface area contributed by atoms with Crippen LogP contribution in [0.1, 0.15) is 16.0 Å². The Bertz CT molecular complexity index is 1010. The van der Waals surface area contributed by atoms with Gasteiger partial charge in [-0.2, -0.15) is 0 Å². The Hall–Kier alpha value is -2.79. The Morgan fingerprint density at radius 3 is 2.79 bits per heavy atom. The van der Waals surface area contributed by atoms with Crippen LogP contribution in [-0.4, -0.2) is 15.0 Å². The second kappa shape index (κ2) is 6.02. The highest BCUT2D eigenvalue weighted by atomic mass is 32.1. The average Bonchev–Trinajstić information content (AvgIpc) is 2.99. The van der Waals surface area contributed by atoms with Crippen LogP contribution in [0.2, 0.25) is 0 Å². The largest absolute Gasteiger partial charge is 0.383 e. The van der Waals surface area contributed by atoms with Gasteiger partial charge in [0.15, 0.2) is 5.82 Å².